The van der Waals surface area contributed by atoms with Crippen molar-refractivity contribution in [2.45, 2.75) is 11.3 Å². The van der Waals surface area contributed by atoms with Crippen LogP contribution in [-0.4, -0.2) is 32.2 Å². The van der Waals surface area contributed by atoms with E-state index >= 15 is 0 Å². The van der Waals surface area contributed by atoms with Crippen LogP contribution in [0.25, 0.3) is 0 Å². The molecule has 116 valence electrons. The standard InChI is InChI=1S/C16H17NO4S/c1-22(20,21)15-7-3-5-13(11-15)16(19)17-9-8-12-4-2-6-14(18)10-12/h2-7,10-11,18H,8-9H2,1H3,(H,17,19). The van der Waals surface area contributed by atoms with Crippen LogP contribution in [0.4, 0.5) is 0 Å². The van der Waals surface area contributed by atoms with Crippen molar-refractivity contribution in [1.29, 1.82) is 0 Å². The SMILES string of the molecule is CS(=O)(=O)c1cccc(C(=O)NCCc2cccc(O)c2)c1. The van der Waals surface area contributed by atoms with Crippen LogP contribution in [0.5, 0.6) is 5.75 Å². The van der Waals surface area contributed by atoms with Crippen LogP contribution in [-0.2, 0) is 16.3 Å². The first-order chi connectivity index (χ1) is 10.4. The molecule has 2 N–H and O–H groups in total. The Labute approximate surface area is 129 Å². The number of nitrogens with one attached hydrogen (secondary N) is 1. The molecule has 0 unspecified atom stereocenters. The molecule has 2 aromatic rings. The van der Waals surface area contributed by atoms with Gasteiger partial charge in [0.15, 0.2) is 9.84 Å². The van der Waals surface area contributed by atoms with Gasteiger partial charge in [-0.05, 0) is 42.3 Å². The van der Waals surface area contributed by atoms with Crippen molar-refractivity contribution in [2.75, 3.05) is 12.8 Å². The van der Waals surface area contributed by atoms with E-state index in [0.717, 1.165) is 11.8 Å². The normalized spacial score (nSPS) is 11.1. The van der Waals surface area contributed by atoms with E-state index in [2.05, 4.69) is 5.32 Å². The summed E-state index contributed by atoms with van der Waals surface area (Å²) in [5.41, 5.74) is 1.21. The topological polar surface area (TPSA) is 83.5 Å². The molecule has 0 aliphatic carbocycles. The van der Waals surface area contributed by atoms with Gasteiger partial charge in [-0.25, -0.2) is 8.42 Å². The van der Waals surface area contributed by atoms with Gasteiger partial charge in [0.25, 0.3) is 5.91 Å². The molecule has 0 saturated carbocycles. The second kappa shape index (κ2) is 6.62. The fourth-order valence-corrected chi connectivity index (χ4v) is 2.67. The number of carbonyl (C=O) groups is 1. The Hall–Kier alpha value is -2.34. The number of phenolic OH excluding ortho intramolecular Hbond substituents is 1. The first-order valence-electron chi connectivity index (χ1n) is 6.72. The zero-order valence-corrected chi connectivity index (χ0v) is 12.9. The lowest BCUT2D eigenvalue weighted by atomic mass is 10.1. The summed E-state index contributed by atoms with van der Waals surface area (Å²) in [7, 11) is -3.33. The summed E-state index contributed by atoms with van der Waals surface area (Å²) < 4.78 is 23.0. The number of rotatable bonds is 5. The molecule has 0 aliphatic heterocycles. The van der Waals surface area contributed by atoms with Gasteiger partial charge in [0.1, 0.15) is 5.75 Å². The molecule has 22 heavy (non-hydrogen) atoms. The van der Waals surface area contributed by atoms with E-state index in [1.807, 2.05) is 6.07 Å². The number of aromatic hydroxyl groups is 1. The molecule has 0 aromatic heterocycles. The van der Waals surface area contributed by atoms with E-state index in [9.17, 15) is 18.3 Å². The molecular formula is C16H17NO4S. The van der Waals surface area contributed by atoms with Crippen LogP contribution in [0.15, 0.2) is 53.4 Å². The van der Waals surface area contributed by atoms with Gasteiger partial charge >= 0.3 is 0 Å². The molecule has 5 nitrogen and oxygen atoms in total. The molecule has 0 spiro atoms. The molecule has 0 saturated heterocycles. The van der Waals surface area contributed by atoms with E-state index in [4.69, 9.17) is 0 Å². The molecular weight excluding hydrogens is 302 g/mol. The molecule has 0 aliphatic rings. The molecule has 0 bridgehead atoms. The highest BCUT2D eigenvalue weighted by Crippen LogP contribution is 2.12. The van der Waals surface area contributed by atoms with Crippen LogP contribution in [0.2, 0.25) is 0 Å². The smallest absolute Gasteiger partial charge is 0.251 e. The van der Waals surface area contributed by atoms with E-state index < -0.39 is 9.84 Å². The predicted molar refractivity (Wildman–Crippen MR) is 83.7 cm³/mol. The summed E-state index contributed by atoms with van der Waals surface area (Å²) in [6.07, 6.45) is 1.68. The van der Waals surface area contributed by atoms with Crippen molar-refractivity contribution < 1.29 is 18.3 Å². The maximum absolute atomic E-state index is 12.0. The average Bonchev–Trinajstić information content (AvgIpc) is 2.46. The lowest BCUT2D eigenvalue weighted by Crippen LogP contribution is -2.25. The van der Waals surface area contributed by atoms with Gasteiger partial charge in [-0.15, -0.1) is 0 Å². The molecule has 0 atom stereocenters. The van der Waals surface area contributed by atoms with E-state index in [1.165, 1.54) is 12.1 Å². The number of amides is 1. The minimum atomic E-state index is -3.33. The monoisotopic (exact) mass is 319 g/mol. The highest BCUT2D eigenvalue weighted by Gasteiger charge is 2.11. The second-order valence-corrected chi connectivity index (χ2v) is 6.99. The van der Waals surface area contributed by atoms with Crippen LogP contribution in [0.1, 0.15) is 15.9 Å². The number of hydrogen-bond donors (Lipinski definition) is 2. The maximum Gasteiger partial charge on any atom is 0.251 e. The van der Waals surface area contributed by atoms with Crippen molar-refractivity contribution in [2.24, 2.45) is 0 Å². The third-order valence-corrected chi connectivity index (χ3v) is 4.24. The molecule has 0 fully saturated rings. The Bertz CT molecular complexity index is 784. The third-order valence-electron chi connectivity index (χ3n) is 3.13. The summed E-state index contributed by atoms with van der Waals surface area (Å²) in [5.74, 6) is -0.143. The van der Waals surface area contributed by atoms with Gasteiger partial charge < -0.3 is 10.4 Å². The van der Waals surface area contributed by atoms with E-state index in [0.29, 0.717) is 18.5 Å². The van der Waals surface area contributed by atoms with E-state index in [1.54, 1.807) is 30.3 Å². The maximum atomic E-state index is 12.0. The van der Waals surface area contributed by atoms with Crippen molar-refractivity contribution in [3.8, 4) is 5.75 Å². The fourth-order valence-electron chi connectivity index (χ4n) is 2.00. The van der Waals surface area contributed by atoms with Gasteiger partial charge in [0.05, 0.1) is 4.90 Å². The highest BCUT2D eigenvalue weighted by molar-refractivity contribution is 7.90. The average molecular weight is 319 g/mol. The molecule has 6 heteroatoms. The highest BCUT2D eigenvalue weighted by atomic mass is 32.2. The second-order valence-electron chi connectivity index (χ2n) is 4.98. The van der Waals surface area contributed by atoms with Crippen molar-refractivity contribution in [3.05, 3.63) is 59.7 Å². The first kappa shape index (κ1) is 16.0. The summed E-state index contributed by atoms with van der Waals surface area (Å²) in [6, 6.07) is 12.7. The Morgan fingerprint density at radius 3 is 2.55 bits per heavy atom. The number of carbonyl (C=O) groups excluding carboxylic acids is 1. The van der Waals surface area contributed by atoms with Crippen molar-refractivity contribution >= 4 is 15.7 Å². The van der Waals surface area contributed by atoms with Crippen molar-refractivity contribution in [3.63, 3.8) is 0 Å². The van der Waals surface area contributed by atoms with Gasteiger partial charge in [0, 0.05) is 18.4 Å². The van der Waals surface area contributed by atoms with E-state index in [-0.39, 0.29) is 16.6 Å². The van der Waals surface area contributed by atoms with Gasteiger partial charge in [-0.2, -0.15) is 0 Å². The van der Waals surface area contributed by atoms with Crippen LogP contribution in [0, 0.1) is 0 Å². The molecule has 0 radical (unpaired) electrons. The quantitative estimate of drug-likeness (QED) is 0.880. The summed E-state index contributed by atoms with van der Waals surface area (Å²) in [5, 5.41) is 12.1. The minimum Gasteiger partial charge on any atom is -0.508 e. The van der Waals surface area contributed by atoms with Gasteiger partial charge in [0.2, 0.25) is 0 Å². The van der Waals surface area contributed by atoms with Crippen LogP contribution in [0.3, 0.4) is 0 Å². The first-order valence-corrected chi connectivity index (χ1v) is 8.61. The Kier molecular flexibility index (Phi) is 4.82. The third kappa shape index (κ3) is 4.33. The van der Waals surface area contributed by atoms with Crippen LogP contribution < -0.4 is 5.32 Å². The van der Waals surface area contributed by atoms with Crippen LogP contribution >= 0.6 is 0 Å². The molecule has 1 amide bonds. The van der Waals surface area contributed by atoms with Gasteiger partial charge in [-0.1, -0.05) is 18.2 Å². The minimum absolute atomic E-state index is 0.119. The zero-order chi connectivity index (χ0) is 16.2. The Morgan fingerprint density at radius 1 is 1.14 bits per heavy atom. The molecule has 2 rings (SSSR count). The van der Waals surface area contributed by atoms with Gasteiger partial charge in [-0.3, -0.25) is 4.79 Å². The largest absolute Gasteiger partial charge is 0.508 e. The van der Waals surface area contributed by atoms with Crippen molar-refractivity contribution in [1.82, 2.24) is 5.32 Å². The number of sulfone groups is 1. The lowest BCUT2D eigenvalue weighted by Gasteiger charge is -2.07. The number of hydrogen-bond acceptors (Lipinski definition) is 4. The number of benzene rings is 2. The Balaban J connectivity index is 1.98. The predicted octanol–water partition coefficient (Wildman–Crippen LogP) is 1.77. The molecule has 0 heterocycles. The summed E-state index contributed by atoms with van der Waals surface area (Å²) in [6.45, 7) is 0.394. The fraction of sp³-hybridized carbons (Fsp3) is 0.188. The number of phenols is 1. The lowest BCUT2D eigenvalue weighted by molar-refractivity contribution is 0.0954. The molecule has 2 aromatic carbocycles. The Morgan fingerprint density at radius 2 is 1.86 bits per heavy atom. The zero-order valence-electron chi connectivity index (χ0n) is 12.1. The summed E-state index contributed by atoms with van der Waals surface area (Å²) in [4.78, 5) is 12.1. The summed E-state index contributed by atoms with van der Waals surface area (Å²) >= 11 is 0.